The summed E-state index contributed by atoms with van der Waals surface area (Å²) in [7, 11) is 0. The van der Waals surface area contributed by atoms with Crippen LogP contribution in [-0.4, -0.2) is 11.4 Å². The predicted octanol–water partition coefficient (Wildman–Crippen LogP) is 1.69. The molecule has 0 spiro atoms. The lowest BCUT2D eigenvalue weighted by Crippen LogP contribution is -1.88. The van der Waals surface area contributed by atoms with Gasteiger partial charge < -0.3 is 9.52 Å². The number of carbonyl (C=O) groups excluding carboxylic acids is 1. The molecular formula is C10H8O3. The molecule has 0 radical (unpaired) electrons. The molecule has 0 aromatic carbocycles. The minimum absolute atomic E-state index is 0.0802. The van der Waals surface area contributed by atoms with E-state index in [4.69, 9.17) is 9.52 Å². The lowest BCUT2D eigenvalue weighted by molar-refractivity contribution is 0.112. The van der Waals surface area contributed by atoms with Crippen LogP contribution in [0.3, 0.4) is 0 Å². The first-order valence-corrected chi connectivity index (χ1v) is 3.90. The minimum atomic E-state index is -0.0802. The Morgan fingerprint density at radius 1 is 1.31 bits per heavy atom. The molecule has 3 heteroatoms. The molecule has 1 aliphatic carbocycles. The van der Waals surface area contributed by atoms with Crippen LogP contribution < -0.4 is 0 Å². The Kier molecular flexibility index (Phi) is 1.87. The standard InChI is InChI=1S/C10H8O3/c11-3-7-1-2-9-8(4-12)5-13-6-10(7)9/h1-3,5-6,12H,4H2. The number of fused-ring (bicyclic) bond motifs is 1. The van der Waals surface area contributed by atoms with Crippen LogP contribution in [0, 0.1) is 0 Å². The van der Waals surface area contributed by atoms with Crippen molar-refractivity contribution < 1.29 is 14.3 Å². The van der Waals surface area contributed by atoms with Crippen molar-refractivity contribution in [1.29, 1.82) is 0 Å². The molecule has 1 aliphatic heterocycles. The van der Waals surface area contributed by atoms with E-state index in [-0.39, 0.29) is 6.61 Å². The number of carbonyl (C=O) groups is 1. The van der Waals surface area contributed by atoms with Gasteiger partial charge in [0.25, 0.3) is 0 Å². The van der Waals surface area contributed by atoms with Gasteiger partial charge in [0, 0.05) is 16.7 Å². The van der Waals surface area contributed by atoms with E-state index in [1.165, 1.54) is 12.5 Å². The summed E-state index contributed by atoms with van der Waals surface area (Å²) in [5.74, 6) is 0. The molecule has 1 heterocycles. The van der Waals surface area contributed by atoms with Gasteiger partial charge in [-0.1, -0.05) is 12.1 Å². The van der Waals surface area contributed by atoms with Gasteiger partial charge in [-0.15, -0.1) is 0 Å². The topological polar surface area (TPSA) is 50.4 Å². The van der Waals surface area contributed by atoms with E-state index in [1.807, 2.05) is 0 Å². The zero-order valence-corrected chi connectivity index (χ0v) is 6.86. The third kappa shape index (κ3) is 1.13. The molecule has 1 N–H and O–H groups in total. The monoisotopic (exact) mass is 176 g/mol. The van der Waals surface area contributed by atoms with Crippen molar-refractivity contribution in [1.82, 2.24) is 0 Å². The molecule has 0 saturated heterocycles. The first kappa shape index (κ1) is 8.01. The fourth-order valence-electron chi connectivity index (χ4n) is 1.39. The molecule has 2 rings (SSSR count). The minimum Gasteiger partial charge on any atom is -0.472 e. The highest BCUT2D eigenvalue weighted by Gasteiger charge is 2.12. The molecule has 2 aliphatic rings. The van der Waals surface area contributed by atoms with Crippen LogP contribution in [-0.2, 0) is 6.61 Å². The first-order chi connectivity index (χ1) is 6.36. The smallest absolute Gasteiger partial charge is 0.150 e. The van der Waals surface area contributed by atoms with Gasteiger partial charge in [-0.25, -0.2) is 0 Å². The Morgan fingerprint density at radius 2 is 2.15 bits per heavy atom. The second kappa shape index (κ2) is 3.03. The molecule has 0 unspecified atom stereocenters. The van der Waals surface area contributed by atoms with Crippen molar-refractivity contribution >= 4 is 6.29 Å². The maximum atomic E-state index is 10.6. The van der Waals surface area contributed by atoms with Crippen molar-refractivity contribution in [2.75, 3.05) is 0 Å². The average Bonchev–Trinajstić information content (AvgIpc) is 2.60. The van der Waals surface area contributed by atoms with E-state index >= 15 is 0 Å². The summed E-state index contributed by atoms with van der Waals surface area (Å²) < 4.78 is 4.99. The van der Waals surface area contributed by atoms with E-state index in [2.05, 4.69) is 0 Å². The zero-order valence-electron chi connectivity index (χ0n) is 6.86. The quantitative estimate of drug-likeness (QED) is 0.708. The van der Waals surface area contributed by atoms with E-state index in [0.717, 1.165) is 17.4 Å². The Morgan fingerprint density at radius 3 is 2.85 bits per heavy atom. The summed E-state index contributed by atoms with van der Waals surface area (Å²) in [5, 5.41) is 8.97. The highest BCUT2D eigenvalue weighted by atomic mass is 16.3. The van der Waals surface area contributed by atoms with Crippen LogP contribution in [0.1, 0.15) is 15.9 Å². The number of hydrogen-bond donors (Lipinski definition) is 1. The predicted molar refractivity (Wildman–Crippen MR) is 46.6 cm³/mol. The molecule has 13 heavy (non-hydrogen) atoms. The number of aliphatic hydroxyl groups is 1. The van der Waals surface area contributed by atoms with Crippen molar-refractivity contribution in [3.63, 3.8) is 0 Å². The lowest BCUT2D eigenvalue weighted by Gasteiger charge is -2.03. The van der Waals surface area contributed by atoms with Gasteiger partial charge in [0.1, 0.15) is 0 Å². The fourth-order valence-corrected chi connectivity index (χ4v) is 1.39. The summed E-state index contributed by atoms with van der Waals surface area (Å²) in [5.41, 5.74) is 2.91. The zero-order chi connectivity index (χ0) is 9.26. The lowest BCUT2D eigenvalue weighted by atomic mass is 10.1. The molecule has 3 nitrogen and oxygen atoms in total. The Balaban J connectivity index is 2.66. The number of aldehydes is 1. The third-order valence-corrected chi connectivity index (χ3v) is 2.07. The van der Waals surface area contributed by atoms with Gasteiger partial charge in [0.15, 0.2) is 6.29 Å². The molecule has 0 bridgehead atoms. The van der Waals surface area contributed by atoms with E-state index in [1.54, 1.807) is 12.1 Å². The summed E-state index contributed by atoms with van der Waals surface area (Å²) in [6.07, 6.45) is 3.77. The van der Waals surface area contributed by atoms with Crippen LogP contribution in [0.4, 0.5) is 0 Å². The summed E-state index contributed by atoms with van der Waals surface area (Å²) in [6, 6.07) is 3.52. The molecule has 0 fully saturated rings. The SMILES string of the molecule is O=Cc1ccc2c(CO)cocc1-2. The highest BCUT2D eigenvalue weighted by molar-refractivity contribution is 5.90. The normalized spacial score (nSPS) is 10.5. The molecule has 0 atom stereocenters. The average molecular weight is 176 g/mol. The second-order valence-corrected chi connectivity index (χ2v) is 2.79. The van der Waals surface area contributed by atoms with Crippen molar-refractivity contribution in [2.45, 2.75) is 6.61 Å². The molecule has 0 amide bonds. The number of rotatable bonds is 2. The summed E-state index contributed by atoms with van der Waals surface area (Å²) >= 11 is 0. The summed E-state index contributed by atoms with van der Waals surface area (Å²) in [6.45, 7) is -0.0802. The van der Waals surface area contributed by atoms with Crippen molar-refractivity contribution in [3.8, 4) is 11.1 Å². The van der Waals surface area contributed by atoms with Gasteiger partial charge in [-0.05, 0) is 5.56 Å². The maximum absolute atomic E-state index is 10.6. The molecule has 0 aromatic heterocycles. The van der Waals surface area contributed by atoms with Gasteiger partial charge >= 0.3 is 0 Å². The van der Waals surface area contributed by atoms with Crippen LogP contribution in [0.2, 0.25) is 0 Å². The highest BCUT2D eigenvalue weighted by Crippen LogP contribution is 2.30. The summed E-state index contributed by atoms with van der Waals surface area (Å²) in [4.78, 5) is 10.6. The molecule has 66 valence electrons. The van der Waals surface area contributed by atoms with E-state index in [0.29, 0.717) is 11.1 Å². The van der Waals surface area contributed by atoms with Gasteiger partial charge in [0.05, 0.1) is 19.1 Å². The number of aliphatic hydroxyl groups excluding tert-OH is 1. The van der Waals surface area contributed by atoms with Crippen LogP contribution in [0.5, 0.6) is 0 Å². The fraction of sp³-hybridized carbons (Fsp3) is 0.100. The van der Waals surface area contributed by atoms with E-state index in [9.17, 15) is 4.79 Å². The maximum Gasteiger partial charge on any atom is 0.150 e. The molecule has 0 aromatic rings. The Labute approximate surface area is 74.9 Å². The second-order valence-electron chi connectivity index (χ2n) is 2.79. The van der Waals surface area contributed by atoms with Crippen molar-refractivity contribution in [3.05, 3.63) is 35.8 Å². The largest absolute Gasteiger partial charge is 0.472 e. The van der Waals surface area contributed by atoms with Crippen molar-refractivity contribution in [2.24, 2.45) is 0 Å². The molecule has 0 saturated carbocycles. The van der Waals surface area contributed by atoms with Gasteiger partial charge in [-0.3, -0.25) is 4.79 Å². The number of hydrogen-bond acceptors (Lipinski definition) is 3. The molecular weight excluding hydrogens is 168 g/mol. The van der Waals surface area contributed by atoms with Gasteiger partial charge in [-0.2, -0.15) is 0 Å². The van der Waals surface area contributed by atoms with Crippen LogP contribution in [0.25, 0.3) is 11.1 Å². The van der Waals surface area contributed by atoms with Gasteiger partial charge in [0.2, 0.25) is 0 Å². The Bertz CT molecular complexity index is 403. The van der Waals surface area contributed by atoms with E-state index < -0.39 is 0 Å². The van der Waals surface area contributed by atoms with Crippen LogP contribution >= 0.6 is 0 Å². The third-order valence-electron chi connectivity index (χ3n) is 2.07. The van der Waals surface area contributed by atoms with Crippen LogP contribution in [0.15, 0.2) is 29.1 Å². The first-order valence-electron chi connectivity index (χ1n) is 3.90. The Hall–Kier alpha value is -1.61.